The summed E-state index contributed by atoms with van der Waals surface area (Å²) in [6.45, 7) is 6.73. The second-order valence-corrected chi connectivity index (χ2v) is 10.6. The van der Waals surface area contributed by atoms with Gasteiger partial charge >= 0.3 is 6.03 Å². The summed E-state index contributed by atoms with van der Waals surface area (Å²) in [5, 5.41) is 14.5. The summed E-state index contributed by atoms with van der Waals surface area (Å²) in [5.74, 6) is 1.46. The van der Waals surface area contributed by atoms with E-state index in [0.29, 0.717) is 38.4 Å². The molecule has 208 valence electrons. The summed E-state index contributed by atoms with van der Waals surface area (Å²) in [4.78, 5) is 15.1. The van der Waals surface area contributed by atoms with E-state index in [1.54, 1.807) is 6.07 Å². The zero-order valence-electron chi connectivity index (χ0n) is 22.6. The van der Waals surface area contributed by atoms with E-state index in [1.165, 1.54) is 12.1 Å². The molecular weight excluding hydrogens is 511 g/mol. The smallest absolute Gasteiger partial charge is 0.319 e. The van der Waals surface area contributed by atoms with Gasteiger partial charge in [0.05, 0.1) is 25.5 Å². The molecule has 1 saturated heterocycles. The molecule has 2 atom stereocenters. The van der Waals surface area contributed by atoms with Gasteiger partial charge in [-0.15, -0.1) is 10.2 Å². The van der Waals surface area contributed by atoms with Crippen LogP contribution < -0.4 is 20.3 Å². The van der Waals surface area contributed by atoms with Gasteiger partial charge in [0.1, 0.15) is 23.5 Å². The van der Waals surface area contributed by atoms with Gasteiger partial charge in [0.25, 0.3) is 0 Å². The van der Waals surface area contributed by atoms with Gasteiger partial charge in [0, 0.05) is 30.4 Å². The number of pyridine rings is 1. The third-order valence-corrected chi connectivity index (χ3v) is 7.45. The predicted molar refractivity (Wildman–Crippen MR) is 150 cm³/mol. The second-order valence-electron chi connectivity index (χ2n) is 10.6. The molecule has 1 fully saturated rings. The number of ether oxygens (including phenoxy) is 2. The Hall–Kier alpha value is -4.18. The Kier molecular flexibility index (Phi) is 7.25. The molecule has 0 spiro atoms. The number of nitrogens with zero attached hydrogens (tertiary/aromatic N) is 4. The average molecular weight is 545 g/mol. The number of hydrogen-bond donors (Lipinski definition) is 2. The Labute approximate surface area is 232 Å². The first kappa shape index (κ1) is 26.1. The van der Waals surface area contributed by atoms with Crippen molar-refractivity contribution in [1.29, 1.82) is 0 Å². The summed E-state index contributed by atoms with van der Waals surface area (Å²) >= 11 is 0. The Bertz CT molecular complexity index is 1520. The summed E-state index contributed by atoms with van der Waals surface area (Å²) in [6.07, 6.45) is 3.20. The number of nitrogens with one attached hydrogen (secondary N) is 2. The third kappa shape index (κ3) is 5.44. The van der Waals surface area contributed by atoms with Crippen LogP contribution in [0.3, 0.4) is 0 Å². The largest absolute Gasteiger partial charge is 0.484 e. The van der Waals surface area contributed by atoms with Gasteiger partial charge < -0.3 is 25.0 Å². The predicted octanol–water partition coefficient (Wildman–Crippen LogP) is 5.61. The zero-order chi connectivity index (χ0) is 27.6. The standard InChI is InChI=1S/C30H33FN6O3/c1-19(2)29-35-34-28-10-7-23(18-37(28)29)40-27-9-8-26(24-5-3-4-6-25(24)27)33-30(38)32-21-15-20(31)16-22(17-21)36-11-13-39-14-12-36/h3-7,10,15-19,26-27H,8-9,11-14H2,1-2H3,(H2,32,33,38)/t26-,27+/m0/s1. The minimum Gasteiger partial charge on any atom is -0.484 e. The van der Waals surface area contributed by atoms with Crippen molar-refractivity contribution in [2.75, 3.05) is 36.5 Å². The first-order chi connectivity index (χ1) is 19.4. The molecule has 0 saturated carbocycles. The molecule has 40 heavy (non-hydrogen) atoms. The highest BCUT2D eigenvalue weighted by atomic mass is 19.1. The number of hydrogen-bond acceptors (Lipinski definition) is 6. The molecule has 4 aromatic rings. The molecule has 6 rings (SSSR count). The molecular formula is C30H33FN6O3. The number of amides is 2. The van der Waals surface area contributed by atoms with E-state index in [2.05, 4.69) is 39.6 Å². The number of halogens is 1. The summed E-state index contributed by atoms with van der Waals surface area (Å²) in [6, 6.07) is 15.9. The lowest BCUT2D eigenvalue weighted by Gasteiger charge is -2.32. The zero-order valence-corrected chi connectivity index (χ0v) is 22.6. The molecule has 1 aliphatic heterocycles. The van der Waals surface area contributed by atoms with Gasteiger partial charge in [-0.2, -0.15) is 0 Å². The molecule has 2 aromatic heterocycles. The van der Waals surface area contributed by atoms with Crippen molar-refractivity contribution in [3.05, 3.63) is 83.6 Å². The van der Waals surface area contributed by atoms with E-state index >= 15 is 0 Å². The SMILES string of the molecule is CC(C)c1nnc2ccc(O[C@@H]3CC[C@H](NC(=O)Nc4cc(F)cc(N5CCOCC5)c4)c4ccccc43)cn12. The topological polar surface area (TPSA) is 93.0 Å². The lowest BCUT2D eigenvalue weighted by molar-refractivity contribution is 0.122. The highest BCUT2D eigenvalue weighted by Gasteiger charge is 2.29. The number of aromatic nitrogens is 3. The van der Waals surface area contributed by atoms with E-state index in [4.69, 9.17) is 9.47 Å². The van der Waals surface area contributed by atoms with Gasteiger partial charge in [-0.1, -0.05) is 38.1 Å². The van der Waals surface area contributed by atoms with Crippen molar-refractivity contribution < 1.29 is 18.7 Å². The maximum Gasteiger partial charge on any atom is 0.319 e. The van der Waals surface area contributed by atoms with Crippen molar-refractivity contribution >= 4 is 23.1 Å². The molecule has 0 unspecified atom stereocenters. The van der Waals surface area contributed by atoms with Gasteiger partial charge in [-0.3, -0.25) is 4.40 Å². The second kappa shape index (κ2) is 11.1. The highest BCUT2D eigenvalue weighted by molar-refractivity contribution is 5.90. The number of fused-ring (bicyclic) bond motifs is 2. The quantitative estimate of drug-likeness (QED) is 0.328. The molecule has 2 aromatic carbocycles. The molecule has 0 bridgehead atoms. The van der Waals surface area contributed by atoms with E-state index in [0.717, 1.165) is 40.5 Å². The van der Waals surface area contributed by atoms with Crippen LogP contribution in [0.5, 0.6) is 5.75 Å². The third-order valence-electron chi connectivity index (χ3n) is 7.45. The fraction of sp³-hybridized carbons (Fsp3) is 0.367. The summed E-state index contributed by atoms with van der Waals surface area (Å²) in [5.41, 5.74) is 3.97. The van der Waals surface area contributed by atoms with Crippen LogP contribution in [-0.2, 0) is 4.74 Å². The van der Waals surface area contributed by atoms with Crippen LogP contribution in [0.15, 0.2) is 60.8 Å². The molecule has 0 radical (unpaired) electrons. The Morgan fingerprint density at radius 3 is 2.65 bits per heavy atom. The minimum absolute atomic E-state index is 0.159. The molecule has 3 heterocycles. The fourth-order valence-corrected chi connectivity index (χ4v) is 5.52. The average Bonchev–Trinajstić information content (AvgIpc) is 3.38. The monoisotopic (exact) mass is 544 g/mol. The number of carbonyl (C=O) groups excluding carboxylic acids is 1. The van der Waals surface area contributed by atoms with E-state index < -0.39 is 5.82 Å². The van der Waals surface area contributed by atoms with Crippen LogP contribution in [0.1, 0.15) is 61.7 Å². The molecule has 2 N–H and O–H groups in total. The molecule has 2 aliphatic rings. The number of anilines is 2. The van der Waals surface area contributed by atoms with Crippen LogP contribution in [0, 0.1) is 5.82 Å². The van der Waals surface area contributed by atoms with Gasteiger partial charge in [0.2, 0.25) is 0 Å². The van der Waals surface area contributed by atoms with Crippen LogP contribution in [-0.4, -0.2) is 46.9 Å². The highest BCUT2D eigenvalue weighted by Crippen LogP contribution is 2.39. The van der Waals surface area contributed by atoms with E-state index in [1.807, 2.05) is 47.0 Å². The van der Waals surface area contributed by atoms with E-state index in [-0.39, 0.29) is 24.1 Å². The van der Waals surface area contributed by atoms with Crippen molar-refractivity contribution in [3.63, 3.8) is 0 Å². The number of morpholine rings is 1. The van der Waals surface area contributed by atoms with Crippen molar-refractivity contribution in [2.45, 2.75) is 44.8 Å². The van der Waals surface area contributed by atoms with Crippen LogP contribution in [0.4, 0.5) is 20.6 Å². The maximum atomic E-state index is 14.4. The number of urea groups is 1. The van der Waals surface area contributed by atoms with Crippen molar-refractivity contribution in [1.82, 2.24) is 19.9 Å². The fourth-order valence-electron chi connectivity index (χ4n) is 5.52. The van der Waals surface area contributed by atoms with Gasteiger partial charge in [-0.05, 0) is 54.3 Å². The van der Waals surface area contributed by atoms with Crippen LogP contribution >= 0.6 is 0 Å². The number of rotatable bonds is 6. The molecule has 1 aliphatic carbocycles. The van der Waals surface area contributed by atoms with Crippen molar-refractivity contribution in [3.8, 4) is 5.75 Å². The Morgan fingerprint density at radius 1 is 1.05 bits per heavy atom. The first-order valence-corrected chi connectivity index (χ1v) is 13.8. The Balaban J connectivity index is 1.16. The number of carbonyl (C=O) groups is 1. The molecule has 10 heteroatoms. The lowest BCUT2D eigenvalue weighted by atomic mass is 9.85. The normalized spacial score (nSPS) is 18.9. The van der Waals surface area contributed by atoms with E-state index in [9.17, 15) is 9.18 Å². The lowest BCUT2D eigenvalue weighted by Crippen LogP contribution is -2.37. The summed E-state index contributed by atoms with van der Waals surface area (Å²) < 4.78 is 28.2. The molecule has 2 amide bonds. The maximum absolute atomic E-state index is 14.4. The van der Waals surface area contributed by atoms with Crippen LogP contribution in [0.2, 0.25) is 0 Å². The number of benzene rings is 2. The van der Waals surface area contributed by atoms with Gasteiger partial charge in [0.15, 0.2) is 5.65 Å². The van der Waals surface area contributed by atoms with Crippen LogP contribution in [0.25, 0.3) is 5.65 Å². The van der Waals surface area contributed by atoms with Gasteiger partial charge in [-0.25, -0.2) is 9.18 Å². The van der Waals surface area contributed by atoms with Crippen molar-refractivity contribution in [2.24, 2.45) is 0 Å². The minimum atomic E-state index is -0.396. The summed E-state index contributed by atoms with van der Waals surface area (Å²) in [7, 11) is 0. The Morgan fingerprint density at radius 2 is 1.85 bits per heavy atom. The first-order valence-electron chi connectivity index (χ1n) is 13.8. The molecule has 9 nitrogen and oxygen atoms in total.